The summed E-state index contributed by atoms with van der Waals surface area (Å²) >= 11 is 1.48. The van der Waals surface area contributed by atoms with Gasteiger partial charge in [0.05, 0.1) is 10.4 Å². The molecule has 0 saturated carbocycles. The number of rotatable bonds is 17. The largest absolute Gasteiger partial charge is 0.444 e. The molecule has 0 atom stereocenters. The van der Waals surface area contributed by atoms with Crippen molar-refractivity contribution in [3.8, 4) is 0 Å². The maximum Gasteiger partial charge on any atom is 0.407 e. The van der Waals surface area contributed by atoms with E-state index in [0.29, 0.717) is 12.6 Å². The zero-order chi connectivity index (χ0) is 24.4. The van der Waals surface area contributed by atoms with E-state index in [1.807, 2.05) is 0 Å². The summed E-state index contributed by atoms with van der Waals surface area (Å²) in [6.07, 6.45) is 5.26. The number of ether oxygens (including phenoxy) is 1. The number of amides is 1. The Kier molecular flexibility index (Phi) is 12.9. The summed E-state index contributed by atoms with van der Waals surface area (Å²) in [6, 6.07) is 21.7. The predicted octanol–water partition coefficient (Wildman–Crippen LogP) is 3.73. The van der Waals surface area contributed by atoms with E-state index in [1.165, 1.54) is 22.5 Å². The van der Waals surface area contributed by atoms with E-state index >= 15 is 0 Å². The first-order valence-corrected chi connectivity index (χ1v) is 13.2. The molecule has 0 spiro atoms. The van der Waals surface area contributed by atoms with Crippen molar-refractivity contribution in [3.63, 3.8) is 0 Å². The van der Waals surface area contributed by atoms with E-state index in [4.69, 9.17) is 4.74 Å². The minimum Gasteiger partial charge on any atom is -0.444 e. The van der Waals surface area contributed by atoms with E-state index < -0.39 is 0 Å². The first-order valence-electron chi connectivity index (χ1n) is 12.3. The maximum atomic E-state index is 11.6. The molecule has 0 aliphatic heterocycles. The Morgan fingerprint density at radius 2 is 1.51 bits per heavy atom. The van der Waals surface area contributed by atoms with Gasteiger partial charge >= 0.3 is 6.09 Å². The third-order valence-corrected chi connectivity index (χ3v) is 6.28. The monoisotopic (exact) mass is 495 g/mol. The fraction of sp³-hybridized carbons (Fsp3) is 0.407. The molecule has 0 unspecified atom stereocenters. The van der Waals surface area contributed by atoms with Crippen LogP contribution in [0.15, 0.2) is 72.4 Å². The van der Waals surface area contributed by atoms with E-state index in [2.05, 4.69) is 86.9 Å². The fourth-order valence-electron chi connectivity index (χ4n) is 3.69. The van der Waals surface area contributed by atoms with Crippen molar-refractivity contribution in [3.05, 3.63) is 88.4 Å². The summed E-state index contributed by atoms with van der Waals surface area (Å²) in [5.74, 6) is 0. The second-order valence-corrected chi connectivity index (χ2v) is 9.36. The molecule has 8 heteroatoms. The van der Waals surface area contributed by atoms with Gasteiger partial charge in [0.15, 0.2) is 0 Å². The summed E-state index contributed by atoms with van der Waals surface area (Å²) in [5, 5.41) is 13.4. The molecule has 0 fully saturated rings. The lowest BCUT2D eigenvalue weighted by molar-refractivity contribution is 0.140. The second-order valence-electron chi connectivity index (χ2n) is 8.39. The zero-order valence-electron chi connectivity index (χ0n) is 20.2. The molecule has 2 aromatic carbocycles. The predicted molar refractivity (Wildman–Crippen MR) is 142 cm³/mol. The van der Waals surface area contributed by atoms with E-state index in [1.54, 1.807) is 11.7 Å². The van der Waals surface area contributed by atoms with Gasteiger partial charge in [-0.25, -0.2) is 4.79 Å². The Labute approximate surface area is 212 Å². The Morgan fingerprint density at radius 3 is 2.17 bits per heavy atom. The molecule has 3 rings (SSSR count). The number of nitrogens with zero attached hydrogens (tertiary/aromatic N) is 1. The maximum absolute atomic E-state index is 11.6. The van der Waals surface area contributed by atoms with Gasteiger partial charge in [0.2, 0.25) is 0 Å². The Bertz CT molecular complexity index is 884. The van der Waals surface area contributed by atoms with Crippen LogP contribution < -0.4 is 21.3 Å². The molecule has 0 aliphatic rings. The number of thiazole rings is 1. The molecule has 3 aromatic rings. The number of unbranched alkanes of at least 4 members (excludes halogenated alkanes) is 1. The molecule has 1 aromatic heterocycles. The Hall–Kier alpha value is -2.78. The number of carbonyl (C=O) groups excluding carboxylic acids is 1. The van der Waals surface area contributed by atoms with Crippen LogP contribution in [0.2, 0.25) is 0 Å². The number of alkyl carbamates (subject to hydrolysis) is 1. The van der Waals surface area contributed by atoms with Crippen LogP contribution in [0.1, 0.15) is 28.8 Å². The number of aromatic nitrogens is 1. The first-order chi connectivity index (χ1) is 17.3. The quantitative estimate of drug-likeness (QED) is 0.169. The number of nitrogens with one attached hydrogen (secondary N) is 4. The van der Waals surface area contributed by atoms with E-state index in [-0.39, 0.29) is 12.7 Å². The van der Waals surface area contributed by atoms with Gasteiger partial charge in [0, 0.05) is 38.5 Å². The van der Waals surface area contributed by atoms with Gasteiger partial charge in [0.25, 0.3) is 0 Å². The van der Waals surface area contributed by atoms with E-state index in [0.717, 1.165) is 56.9 Å². The number of benzene rings is 2. The molecular formula is C27H37N5O2S. The highest BCUT2D eigenvalue weighted by Gasteiger charge is 2.10. The summed E-state index contributed by atoms with van der Waals surface area (Å²) in [7, 11) is 0. The molecule has 4 N–H and O–H groups in total. The lowest BCUT2D eigenvalue weighted by Gasteiger charge is -2.20. The van der Waals surface area contributed by atoms with Gasteiger partial charge in [-0.3, -0.25) is 4.98 Å². The second kappa shape index (κ2) is 16.8. The zero-order valence-corrected chi connectivity index (χ0v) is 21.1. The van der Waals surface area contributed by atoms with Gasteiger partial charge in [-0.2, -0.15) is 0 Å². The van der Waals surface area contributed by atoms with Crippen molar-refractivity contribution < 1.29 is 9.53 Å². The van der Waals surface area contributed by atoms with Crippen molar-refractivity contribution >= 4 is 17.4 Å². The molecule has 7 nitrogen and oxygen atoms in total. The third kappa shape index (κ3) is 12.0. The highest BCUT2D eigenvalue weighted by Crippen LogP contribution is 2.09. The molecule has 35 heavy (non-hydrogen) atoms. The topological polar surface area (TPSA) is 87.3 Å². The van der Waals surface area contributed by atoms with Crippen LogP contribution in [0.4, 0.5) is 4.79 Å². The van der Waals surface area contributed by atoms with Gasteiger partial charge in [-0.15, -0.1) is 11.3 Å². The van der Waals surface area contributed by atoms with Gasteiger partial charge < -0.3 is 26.0 Å². The first kappa shape index (κ1) is 26.8. The molecule has 1 amide bonds. The lowest BCUT2D eigenvalue weighted by Crippen LogP contribution is -2.41. The summed E-state index contributed by atoms with van der Waals surface area (Å²) < 4.78 is 5.14. The Morgan fingerprint density at radius 1 is 0.857 bits per heavy atom. The molecule has 0 saturated heterocycles. The van der Waals surface area contributed by atoms with Gasteiger partial charge in [-0.1, -0.05) is 60.7 Å². The SMILES string of the molecule is O=C(NCCCCNCCNCNC(Cc1ccccc1)Cc1ccccc1)OCc1cncs1. The van der Waals surface area contributed by atoms with Crippen LogP contribution in [0.25, 0.3) is 0 Å². The summed E-state index contributed by atoms with van der Waals surface area (Å²) in [5.41, 5.74) is 4.43. The molecule has 0 radical (unpaired) electrons. The Balaban J connectivity index is 1.19. The number of carbonyl (C=O) groups is 1. The van der Waals surface area contributed by atoms with Crippen LogP contribution >= 0.6 is 11.3 Å². The highest BCUT2D eigenvalue weighted by molar-refractivity contribution is 7.09. The van der Waals surface area contributed by atoms with Crippen molar-refractivity contribution in [2.24, 2.45) is 0 Å². The number of hydrogen-bond acceptors (Lipinski definition) is 7. The smallest absolute Gasteiger partial charge is 0.407 e. The van der Waals surface area contributed by atoms with E-state index in [9.17, 15) is 4.79 Å². The molecule has 188 valence electrons. The van der Waals surface area contributed by atoms with Crippen LogP contribution in [-0.2, 0) is 24.2 Å². The molecular weight excluding hydrogens is 458 g/mol. The fourth-order valence-corrected chi connectivity index (χ4v) is 4.19. The van der Waals surface area contributed by atoms with Crippen LogP contribution in [-0.4, -0.2) is 50.0 Å². The van der Waals surface area contributed by atoms with Crippen molar-refractivity contribution in [2.45, 2.75) is 38.3 Å². The average Bonchev–Trinajstić information content (AvgIpc) is 3.41. The summed E-state index contributed by atoms with van der Waals surface area (Å²) in [6.45, 7) is 4.41. The van der Waals surface area contributed by atoms with Gasteiger partial charge in [0.1, 0.15) is 6.61 Å². The van der Waals surface area contributed by atoms with Crippen LogP contribution in [0.5, 0.6) is 0 Å². The third-order valence-electron chi connectivity index (χ3n) is 5.52. The standard InChI is InChI=1S/C27H37N5O2S/c33-27(34-20-26-19-30-22-35-26)31-14-8-7-13-28-15-16-29-21-32-25(17-23-9-3-1-4-10-23)18-24-11-5-2-6-12-24/h1-6,9-12,19,22,25,28-29,32H,7-8,13-18,20-21H2,(H,31,33). The minimum absolute atomic E-state index is 0.277. The number of hydrogen-bond donors (Lipinski definition) is 4. The molecule has 1 heterocycles. The van der Waals surface area contributed by atoms with Crippen LogP contribution in [0.3, 0.4) is 0 Å². The van der Waals surface area contributed by atoms with Crippen LogP contribution in [0, 0.1) is 0 Å². The normalized spacial score (nSPS) is 11.0. The van der Waals surface area contributed by atoms with Crippen molar-refractivity contribution in [2.75, 3.05) is 32.8 Å². The van der Waals surface area contributed by atoms with Gasteiger partial charge in [-0.05, 0) is 43.4 Å². The summed E-state index contributed by atoms with van der Waals surface area (Å²) in [4.78, 5) is 16.5. The average molecular weight is 496 g/mol. The molecule has 0 bridgehead atoms. The van der Waals surface area contributed by atoms with Crippen molar-refractivity contribution in [1.29, 1.82) is 0 Å². The lowest BCUT2D eigenvalue weighted by atomic mass is 9.99. The molecule has 0 aliphatic carbocycles. The van der Waals surface area contributed by atoms with Crippen molar-refractivity contribution in [1.82, 2.24) is 26.3 Å². The highest BCUT2D eigenvalue weighted by atomic mass is 32.1. The minimum atomic E-state index is -0.374.